The van der Waals surface area contributed by atoms with Gasteiger partial charge in [-0.2, -0.15) is 0 Å². The number of sulfonamides is 1. The molecule has 0 aromatic heterocycles. The second-order valence-corrected chi connectivity index (χ2v) is 8.12. The van der Waals surface area contributed by atoms with Crippen molar-refractivity contribution in [2.24, 2.45) is 0 Å². The van der Waals surface area contributed by atoms with Gasteiger partial charge in [-0.15, -0.1) is 0 Å². The molecule has 0 saturated heterocycles. The summed E-state index contributed by atoms with van der Waals surface area (Å²) >= 11 is 1.59. The van der Waals surface area contributed by atoms with Crippen LogP contribution in [0, 0.1) is 0 Å². The van der Waals surface area contributed by atoms with E-state index in [0.717, 1.165) is 10.1 Å². The first-order valence-corrected chi connectivity index (χ1v) is 8.34. The molecule has 0 unspecified atom stereocenters. The highest BCUT2D eigenvalue weighted by Crippen LogP contribution is 2.23. The fraction of sp³-hybridized carbons (Fsp3) is 0.462. The van der Waals surface area contributed by atoms with Gasteiger partial charge in [0.25, 0.3) is 0 Å². The summed E-state index contributed by atoms with van der Waals surface area (Å²) in [6.07, 6.45) is 0. The van der Waals surface area contributed by atoms with Crippen LogP contribution in [0.5, 0.6) is 0 Å². The summed E-state index contributed by atoms with van der Waals surface area (Å²) in [7, 11) is 7.62. The van der Waals surface area contributed by atoms with E-state index in [1.54, 1.807) is 23.9 Å². The molecule has 0 radical (unpaired) electrons. The summed E-state index contributed by atoms with van der Waals surface area (Å²) in [5.41, 5.74) is 0. The van der Waals surface area contributed by atoms with Crippen molar-refractivity contribution >= 4 is 27.0 Å². The van der Waals surface area contributed by atoms with Crippen LogP contribution in [-0.2, 0) is 10.0 Å². The number of nitrogens with zero attached hydrogens (tertiary/aromatic N) is 3. The van der Waals surface area contributed by atoms with Gasteiger partial charge in [0.05, 0.1) is 33.1 Å². The van der Waals surface area contributed by atoms with Gasteiger partial charge < -0.3 is 0 Å². The van der Waals surface area contributed by atoms with Crippen molar-refractivity contribution in [2.45, 2.75) is 9.79 Å². The molecule has 0 bridgehead atoms. The molecular weight excluding hydrogens is 294 g/mol. The third-order valence-electron chi connectivity index (χ3n) is 2.58. The molecule has 0 spiro atoms. The number of hydrogen-bond donors (Lipinski definition) is 0. The lowest BCUT2D eigenvalue weighted by atomic mass is 10.4. The highest BCUT2D eigenvalue weighted by Gasteiger charge is 2.18. The average molecular weight is 316 g/mol. The second kappa shape index (κ2) is 6.60. The first kappa shape index (κ1) is 17.0. The van der Waals surface area contributed by atoms with E-state index in [-0.39, 0.29) is 0 Å². The number of rotatable bonds is 3. The molecule has 0 aliphatic carbocycles. The first-order valence-electron chi connectivity index (χ1n) is 6.08. The standard InChI is InChI=1S/C13H22N3O2S2/c1-14(2)13(15(3)4)19-11-7-9-12(10-8-11)20(17,18)16(5)6/h7-10H,1-6H3/q+1. The molecule has 0 N–H and O–H groups in total. The maximum atomic E-state index is 12.0. The Morgan fingerprint density at radius 2 is 1.55 bits per heavy atom. The van der Waals surface area contributed by atoms with Gasteiger partial charge >= 0.3 is 5.17 Å². The summed E-state index contributed by atoms with van der Waals surface area (Å²) in [5, 5.41) is 1.08. The van der Waals surface area contributed by atoms with Crippen LogP contribution in [0.4, 0.5) is 0 Å². The van der Waals surface area contributed by atoms with E-state index in [2.05, 4.69) is 0 Å². The van der Waals surface area contributed by atoms with E-state index >= 15 is 0 Å². The number of amidine groups is 1. The Balaban J connectivity index is 3.02. The van der Waals surface area contributed by atoms with Gasteiger partial charge in [0.15, 0.2) is 0 Å². The smallest absolute Gasteiger partial charge is 0.261 e. The minimum Gasteiger partial charge on any atom is -0.261 e. The molecule has 0 heterocycles. The van der Waals surface area contributed by atoms with Crippen molar-refractivity contribution < 1.29 is 13.0 Å². The van der Waals surface area contributed by atoms with Gasteiger partial charge in [-0.25, -0.2) is 12.7 Å². The Morgan fingerprint density at radius 3 is 1.90 bits per heavy atom. The largest absolute Gasteiger partial charge is 0.312 e. The van der Waals surface area contributed by atoms with Gasteiger partial charge in [0.2, 0.25) is 10.0 Å². The van der Waals surface area contributed by atoms with E-state index in [1.165, 1.54) is 18.4 Å². The van der Waals surface area contributed by atoms with E-state index in [9.17, 15) is 8.42 Å². The van der Waals surface area contributed by atoms with E-state index in [0.29, 0.717) is 4.90 Å². The quantitative estimate of drug-likeness (QED) is 0.364. The molecule has 1 aromatic rings. The molecule has 1 aromatic carbocycles. The number of hydrogen-bond acceptors (Lipinski definition) is 3. The zero-order valence-corrected chi connectivity index (χ0v) is 14.4. The van der Waals surface area contributed by atoms with Crippen molar-refractivity contribution in [1.29, 1.82) is 0 Å². The van der Waals surface area contributed by atoms with Crippen LogP contribution in [0.25, 0.3) is 0 Å². The van der Waals surface area contributed by atoms with E-state index in [4.69, 9.17) is 0 Å². The van der Waals surface area contributed by atoms with Gasteiger partial charge in [0.1, 0.15) is 0 Å². The van der Waals surface area contributed by atoms with Crippen LogP contribution in [0.3, 0.4) is 0 Å². The van der Waals surface area contributed by atoms with Crippen LogP contribution in [0.15, 0.2) is 34.1 Å². The molecule has 0 amide bonds. The van der Waals surface area contributed by atoms with Crippen LogP contribution < -0.4 is 0 Å². The second-order valence-electron chi connectivity index (χ2n) is 4.93. The number of benzene rings is 1. The Hall–Kier alpha value is -1.05. The maximum Gasteiger partial charge on any atom is 0.312 e. The molecule has 0 saturated carbocycles. The lowest BCUT2D eigenvalue weighted by Crippen LogP contribution is -2.26. The summed E-state index contributed by atoms with van der Waals surface area (Å²) < 4.78 is 27.2. The predicted molar refractivity (Wildman–Crippen MR) is 84.0 cm³/mol. The molecule has 5 nitrogen and oxygen atoms in total. The zero-order chi connectivity index (χ0) is 15.5. The Kier molecular flexibility index (Phi) is 5.61. The van der Waals surface area contributed by atoms with E-state index < -0.39 is 10.0 Å². The maximum absolute atomic E-state index is 12.0. The summed E-state index contributed by atoms with van der Waals surface area (Å²) in [5.74, 6) is 0. The van der Waals surface area contributed by atoms with Gasteiger partial charge in [0, 0.05) is 19.0 Å². The fourth-order valence-electron chi connectivity index (χ4n) is 1.58. The van der Waals surface area contributed by atoms with Crippen LogP contribution in [0.1, 0.15) is 0 Å². The highest BCUT2D eigenvalue weighted by atomic mass is 32.2. The fourth-order valence-corrected chi connectivity index (χ4v) is 3.33. The van der Waals surface area contributed by atoms with Gasteiger partial charge in [-0.1, -0.05) is 0 Å². The summed E-state index contributed by atoms with van der Waals surface area (Å²) in [4.78, 5) is 3.33. The number of thioether (sulfide) groups is 1. The van der Waals surface area contributed by atoms with Crippen molar-refractivity contribution in [1.82, 2.24) is 9.21 Å². The summed E-state index contributed by atoms with van der Waals surface area (Å²) in [6.45, 7) is 0. The molecule has 20 heavy (non-hydrogen) atoms. The van der Waals surface area contributed by atoms with Crippen molar-refractivity contribution in [3.05, 3.63) is 24.3 Å². The van der Waals surface area contributed by atoms with Gasteiger partial charge in [-0.05, 0) is 36.0 Å². The lowest BCUT2D eigenvalue weighted by Gasteiger charge is -2.12. The highest BCUT2D eigenvalue weighted by molar-refractivity contribution is 8.13. The minimum absolute atomic E-state index is 0.308. The topological polar surface area (TPSA) is 43.6 Å². The van der Waals surface area contributed by atoms with Crippen LogP contribution in [-0.4, -0.2) is 69.7 Å². The predicted octanol–water partition coefficient (Wildman–Crippen LogP) is 1.22. The SMILES string of the molecule is CN(C)C(Sc1ccc(S(=O)(=O)N(C)C)cc1)=[N+](C)C. The van der Waals surface area contributed by atoms with E-state index in [1.807, 2.05) is 49.8 Å². The van der Waals surface area contributed by atoms with Crippen LogP contribution >= 0.6 is 11.8 Å². The summed E-state index contributed by atoms with van der Waals surface area (Å²) in [6, 6.07) is 6.93. The molecule has 0 aliphatic heterocycles. The monoisotopic (exact) mass is 316 g/mol. The molecule has 112 valence electrons. The Labute approximate surface area is 125 Å². The van der Waals surface area contributed by atoms with Crippen LogP contribution in [0.2, 0.25) is 0 Å². The molecule has 0 fully saturated rings. The lowest BCUT2D eigenvalue weighted by molar-refractivity contribution is -0.466. The molecular formula is C13H22N3O2S2+. The minimum atomic E-state index is -3.36. The first-order chi connectivity index (χ1) is 9.16. The third kappa shape index (κ3) is 3.97. The molecule has 7 heteroatoms. The van der Waals surface area contributed by atoms with Crippen molar-refractivity contribution in [3.8, 4) is 0 Å². The third-order valence-corrected chi connectivity index (χ3v) is 5.83. The molecule has 1 rings (SSSR count). The van der Waals surface area contributed by atoms with Gasteiger partial charge in [-0.3, -0.25) is 9.48 Å². The normalized spacial score (nSPS) is 11.6. The Bertz CT molecular complexity index is 587. The molecule has 0 aliphatic rings. The zero-order valence-electron chi connectivity index (χ0n) is 12.8. The van der Waals surface area contributed by atoms with Crippen molar-refractivity contribution in [3.63, 3.8) is 0 Å². The Morgan fingerprint density at radius 1 is 1.05 bits per heavy atom. The molecule has 0 atom stereocenters. The van der Waals surface area contributed by atoms with Crippen molar-refractivity contribution in [2.75, 3.05) is 42.3 Å². The average Bonchev–Trinajstić information content (AvgIpc) is 2.35.